The Morgan fingerprint density at radius 2 is 1.50 bits per heavy atom. The van der Waals surface area contributed by atoms with Crippen molar-refractivity contribution in [3.05, 3.63) is 42.0 Å². The number of anilines is 1. The first-order valence-electron chi connectivity index (χ1n) is 17.2. The molecule has 0 aliphatic carbocycles. The summed E-state index contributed by atoms with van der Waals surface area (Å²) in [6.45, 7) is 7.13. The summed E-state index contributed by atoms with van der Waals surface area (Å²) in [5.41, 5.74) is 6.09. The Kier molecular flexibility index (Phi) is 17.3. The highest BCUT2D eigenvalue weighted by atomic mass is 16.6. The summed E-state index contributed by atoms with van der Waals surface area (Å²) in [6.07, 6.45) is 3.76. The second kappa shape index (κ2) is 21.0. The summed E-state index contributed by atoms with van der Waals surface area (Å²) in [6, 6.07) is 2.56. The Morgan fingerprint density at radius 3 is 2.06 bits per heavy atom. The second-order valence-corrected chi connectivity index (χ2v) is 13.1. The van der Waals surface area contributed by atoms with Crippen molar-refractivity contribution in [1.29, 1.82) is 0 Å². The minimum atomic E-state index is -1.15. The van der Waals surface area contributed by atoms with Crippen LogP contribution >= 0.6 is 0 Å². The van der Waals surface area contributed by atoms with Crippen LogP contribution in [0.25, 0.3) is 0 Å². The molecular weight excluding hydrogens is 678 g/mol. The molecule has 0 saturated carbocycles. The smallest absolute Gasteiger partial charge is 0.410 e. The van der Waals surface area contributed by atoms with Crippen LogP contribution in [0.5, 0.6) is 0 Å². The van der Waals surface area contributed by atoms with Gasteiger partial charge in [-0.05, 0) is 55.2 Å². The van der Waals surface area contributed by atoms with Crippen molar-refractivity contribution >= 4 is 53.3 Å². The van der Waals surface area contributed by atoms with Gasteiger partial charge in [0.05, 0.1) is 0 Å². The maximum atomic E-state index is 13.4. The largest absolute Gasteiger partial charge is 0.480 e. The van der Waals surface area contributed by atoms with Crippen molar-refractivity contribution in [2.75, 3.05) is 25.5 Å². The van der Waals surface area contributed by atoms with Crippen LogP contribution in [0.4, 0.5) is 15.3 Å². The molecule has 8 amide bonds. The number of nitrogens with zero attached hydrogens (tertiary/aromatic N) is 2. The summed E-state index contributed by atoms with van der Waals surface area (Å²) < 4.78 is 5.27. The van der Waals surface area contributed by atoms with Crippen LogP contribution < -0.4 is 27.0 Å². The summed E-state index contributed by atoms with van der Waals surface area (Å²) in [4.78, 5) is 100. The van der Waals surface area contributed by atoms with Crippen LogP contribution in [0.2, 0.25) is 0 Å². The molecule has 3 atom stereocenters. The Morgan fingerprint density at radius 1 is 0.865 bits per heavy atom. The molecule has 17 heteroatoms. The number of nitrogens with two attached hydrogens (primary N) is 1. The summed E-state index contributed by atoms with van der Waals surface area (Å²) >= 11 is 0. The number of benzene rings is 1. The van der Waals surface area contributed by atoms with Crippen molar-refractivity contribution < 1.29 is 48.2 Å². The first kappa shape index (κ1) is 42.7. The monoisotopic (exact) mass is 729 g/mol. The predicted octanol–water partition coefficient (Wildman–Crippen LogP) is 1.86. The number of rotatable bonds is 21. The number of unbranched alkanes of at least 4 members (excludes halogenated alkanes) is 2. The number of carbonyl (C=O) groups excluding carboxylic acids is 7. The third-order valence-electron chi connectivity index (χ3n) is 8.23. The molecule has 1 aliphatic rings. The molecule has 1 aliphatic heterocycles. The highest BCUT2D eigenvalue weighted by Gasteiger charge is 2.31. The number of nitrogens with one attached hydrogen (secondary N) is 4. The number of urea groups is 1. The fourth-order valence-corrected chi connectivity index (χ4v) is 5.38. The standard InChI is InChI=1S/C35H51N7O10/c1-21(2)29(40-26(43)11-7-6-8-19-42-27(44)16-17-28(42)45)32(47)39-25(10-9-18-37-34(36)50)31(46)38-24-14-12-23(13-15-24)20-52-35(51)41(5)30(22(3)4)33(48)49/h12-17,21-22,25,29-30H,6-11,18-20H2,1-5H3,(H,38,46)(H,39,47)(H,40,43)(H,48,49)(H3,36,37,50)/t25-,29?,30?/m0/s1. The van der Waals surface area contributed by atoms with Crippen LogP contribution in [0.3, 0.4) is 0 Å². The van der Waals surface area contributed by atoms with Gasteiger partial charge in [0.2, 0.25) is 17.7 Å². The first-order chi connectivity index (χ1) is 24.5. The number of hydrogen-bond acceptors (Lipinski definition) is 9. The fraction of sp³-hybridized carbons (Fsp3) is 0.543. The highest BCUT2D eigenvalue weighted by Crippen LogP contribution is 2.15. The maximum absolute atomic E-state index is 13.4. The number of imide groups is 1. The van der Waals surface area contributed by atoms with Gasteiger partial charge in [-0.2, -0.15) is 0 Å². The molecule has 286 valence electrons. The highest BCUT2D eigenvalue weighted by molar-refractivity contribution is 6.12. The minimum Gasteiger partial charge on any atom is -0.480 e. The van der Waals surface area contributed by atoms with Crippen molar-refractivity contribution in [1.82, 2.24) is 25.8 Å². The van der Waals surface area contributed by atoms with Crippen molar-refractivity contribution in [2.45, 2.75) is 91.0 Å². The number of likely N-dealkylation sites (N-methyl/N-ethyl adjacent to an activating group) is 1. The van der Waals surface area contributed by atoms with E-state index in [4.69, 9.17) is 10.5 Å². The topological polar surface area (TPSA) is 247 Å². The number of amides is 8. The number of ether oxygens (including phenoxy) is 1. The summed E-state index contributed by atoms with van der Waals surface area (Å²) in [5.74, 6) is -4.02. The molecule has 2 unspecified atom stereocenters. The molecule has 0 aromatic heterocycles. The predicted molar refractivity (Wildman–Crippen MR) is 189 cm³/mol. The van der Waals surface area contributed by atoms with Crippen molar-refractivity contribution in [3.63, 3.8) is 0 Å². The van der Waals surface area contributed by atoms with E-state index >= 15 is 0 Å². The third-order valence-corrected chi connectivity index (χ3v) is 8.23. The van der Waals surface area contributed by atoms with E-state index in [1.54, 1.807) is 52.0 Å². The molecule has 52 heavy (non-hydrogen) atoms. The minimum absolute atomic E-state index is 0.117. The first-order valence-corrected chi connectivity index (χ1v) is 17.2. The van der Waals surface area contributed by atoms with Crippen molar-refractivity contribution in [3.8, 4) is 0 Å². The van der Waals surface area contributed by atoms with Gasteiger partial charge in [-0.15, -0.1) is 0 Å². The van der Waals surface area contributed by atoms with E-state index in [-0.39, 0.29) is 62.1 Å². The molecule has 0 radical (unpaired) electrons. The molecule has 1 heterocycles. The van der Waals surface area contributed by atoms with E-state index in [0.29, 0.717) is 36.9 Å². The number of aliphatic carboxylic acids is 1. The van der Waals surface area contributed by atoms with Gasteiger partial charge in [-0.3, -0.25) is 33.8 Å². The Hall–Kier alpha value is -5.48. The number of primary amides is 1. The summed E-state index contributed by atoms with van der Waals surface area (Å²) in [5, 5.41) is 20.1. The van der Waals surface area contributed by atoms with Gasteiger partial charge in [0.25, 0.3) is 11.8 Å². The van der Waals surface area contributed by atoms with E-state index in [0.717, 1.165) is 9.80 Å². The van der Waals surface area contributed by atoms with Gasteiger partial charge in [0, 0.05) is 44.4 Å². The van der Waals surface area contributed by atoms with Gasteiger partial charge in [0.15, 0.2) is 0 Å². The van der Waals surface area contributed by atoms with Gasteiger partial charge in [0.1, 0.15) is 24.7 Å². The molecule has 0 spiro atoms. The lowest BCUT2D eigenvalue weighted by Gasteiger charge is -2.26. The SMILES string of the molecule is CC(C)C(NC(=O)CCCCCN1C(=O)C=CC1=O)C(=O)N[C@@H](CCCNC(N)=O)C(=O)Nc1ccc(COC(=O)N(C)C(C(=O)O)C(C)C)cc1. The van der Waals surface area contributed by atoms with E-state index in [9.17, 15) is 43.5 Å². The van der Waals surface area contributed by atoms with Crippen LogP contribution in [-0.4, -0.2) is 101 Å². The van der Waals surface area contributed by atoms with E-state index in [1.165, 1.54) is 19.2 Å². The van der Waals surface area contributed by atoms with Crippen LogP contribution in [0.15, 0.2) is 36.4 Å². The van der Waals surface area contributed by atoms with E-state index in [2.05, 4.69) is 21.3 Å². The molecule has 0 bridgehead atoms. The molecule has 0 fully saturated rings. The fourth-order valence-electron chi connectivity index (χ4n) is 5.38. The van der Waals surface area contributed by atoms with Crippen molar-refractivity contribution in [2.24, 2.45) is 17.6 Å². The zero-order valence-corrected chi connectivity index (χ0v) is 30.3. The molecular formula is C35H51N7O10. The lowest BCUT2D eigenvalue weighted by molar-refractivity contribution is -0.144. The Balaban J connectivity index is 1.98. The molecule has 7 N–H and O–H groups in total. The van der Waals surface area contributed by atoms with Crippen LogP contribution in [0, 0.1) is 11.8 Å². The molecule has 1 aromatic carbocycles. The lowest BCUT2D eigenvalue weighted by atomic mass is 10.0. The van der Waals surface area contributed by atoms with Gasteiger partial charge in [-0.1, -0.05) is 46.2 Å². The number of carboxylic acids is 1. The number of carbonyl (C=O) groups is 8. The zero-order chi connectivity index (χ0) is 39.0. The zero-order valence-electron chi connectivity index (χ0n) is 30.3. The van der Waals surface area contributed by atoms with Gasteiger partial charge in [-0.25, -0.2) is 14.4 Å². The number of hydrogen-bond donors (Lipinski definition) is 6. The molecule has 2 rings (SSSR count). The molecule has 0 saturated heterocycles. The average molecular weight is 730 g/mol. The average Bonchev–Trinajstić information content (AvgIpc) is 3.39. The van der Waals surface area contributed by atoms with Gasteiger partial charge < -0.3 is 36.8 Å². The Labute approximate surface area is 303 Å². The lowest BCUT2D eigenvalue weighted by Crippen LogP contribution is -2.54. The maximum Gasteiger partial charge on any atom is 0.410 e. The summed E-state index contributed by atoms with van der Waals surface area (Å²) in [7, 11) is 1.35. The molecule has 1 aromatic rings. The van der Waals surface area contributed by atoms with E-state index in [1.807, 2.05) is 0 Å². The van der Waals surface area contributed by atoms with Crippen LogP contribution in [0.1, 0.15) is 71.8 Å². The van der Waals surface area contributed by atoms with Gasteiger partial charge >= 0.3 is 18.1 Å². The second-order valence-electron chi connectivity index (χ2n) is 13.1. The molecule has 17 nitrogen and oxygen atoms in total. The normalized spacial score (nSPS) is 14.1. The number of carboxylic acid groups (broad SMARTS) is 1. The van der Waals surface area contributed by atoms with Crippen LogP contribution in [-0.2, 0) is 40.1 Å². The Bertz CT molecular complexity index is 1460. The third kappa shape index (κ3) is 14.0. The van der Waals surface area contributed by atoms with E-state index < -0.39 is 48.0 Å². The quantitative estimate of drug-likeness (QED) is 0.0792.